The molecular weight excluding hydrogens is 224 g/mol. The summed E-state index contributed by atoms with van der Waals surface area (Å²) in [5.74, 6) is 5.68. The number of fused-ring (bicyclic) bond motifs is 3. The van der Waals surface area contributed by atoms with Crippen molar-refractivity contribution in [1.82, 2.24) is 14.8 Å². The second-order valence-electron chi connectivity index (χ2n) is 6.51. The number of nitrogens with two attached hydrogens (primary N) is 1. The Morgan fingerprint density at radius 3 is 2.83 bits per heavy atom. The average molecular weight is 246 g/mol. The SMILES string of the molecule is NCC1CCc2nnc(C3CC4CCC3C4)n2C1. The van der Waals surface area contributed by atoms with E-state index >= 15 is 0 Å². The van der Waals surface area contributed by atoms with Gasteiger partial charge in [-0.2, -0.15) is 0 Å². The Labute approximate surface area is 108 Å². The Bertz CT molecular complexity index is 453. The van der Waals surface area contributed by atoms with Gasteiger partial charge in [0.2, 0.25) is 0 Å². The van der Waals surface area contributed by atoms with Crippen LogP contribution in [-0.4, -0.2) is 21.3 Å². The van der Waals surface area contributed by atoms with Crippen molar-refractivity contribution in [2.24, 2.45) is 23.5 Å². The first kappa shape index (κ1) is 11.0. The van der Waals surface area contributed by atoms with Gasteiger partial charge in [0, 0.05) is 18.9 Å². The van der Waals surface area contributed by atoms with Crippen molar-refractivity contribution in [3.05, 3.63) is 11.6 Å². The topological polar surface area (TPSA) is 56.7 Å². The Balaban J connectivity index is 1.64. The van der Waals surface area contributed by atoms with Crippen molar-refractivity contribution in [1.29, 1.82) is 0 Å². The molecule has 3 aliphatic rings. The maximum Gasteiger partial charge on any atom is 0.136 e. The van der Waals surface area contributed by atoms with Crippen LogP contribution in [0.2, 0.25) is 0 Å². The van der Waals surface area contributed by atoms with Crippen LogP contribution in [0.3, 0.4) is 0 Å². The van der Waals surface area contributed by atoms with Crippen LogP contribution in [0.4, 0.5) is 0 Å². The van der Waals surface area contributed by atoms with Gasteiger partial charge in [-0.1, -0.05) is 6.42 Å². The molecule has 0 spiro atoms. The lowest BCUT2D eigenvalue weighted by Crippen LogP contribution is -2.28. The molecule has 98 valence electrons. The van der Waals surface area contributed by atoms with Crippen LogP contribution >= 0.6 is 0 Å². The van der Waals surface area contributed by atoms with E-state index in [2.05, 4.69) is 14.8 Å². The second-order valence-corrected chi connectivity index (χ2v) is 6.51. The highest BCUT2D eigenvalue weighted by molar-refractivity contribution is 5.11. The molecule has 4 heteroatoms. The van der Waals surface area contributed by atoms with E-state index in [-0.39, 0.29) is 0 Å². The second kappa shape index (κ2) is 4.05. The van der Waals surface area contributed by atoms with Gasteiger partial charge in [-0.25, -0.2) is 0 Å². The zero-order chi connectivity index (χ0) is 12.1. The van der Waals surface area contributed by atoms with Gasteiger partial charge in [-0.05, 0) is 50.0 Å². The standard InChI is InChI=1S/C14H22N4/c15-7-10-2-4-13-16-17-14(18(13)8-10)12-6-9-1-3-11(12)5-9/h9-12H,1-8,15H2. The van der Waals surface area contributed by atoms with Crippen molar-refractivity contribution in [2.75, 3.05) is 6.54 Å². The zero-order valence-corrected chi connectivity index (χ0v) is 10.9. The van der Waals surface area contributed by atoms with E-state index in [1.165, 1.54) is 43.8 Å². The van der Waals surface area contributed by atoms with Crippen molar-refractivity contribution in [3.8, 4) is 0 Å². The van der Waals surface area contributed by atoms with Gasteiger partial charge >= 0.3 is 0 Å². The summed E-state index contributed by atoms with van der Waals surface area (Å²) in [6.07, 6.45) is 7.91. The van der Waals surface area contributed by atoms with Gasteiger partial charge < -0.3 is 10.3 Å². The molecule has 18 heavy (non-hydrogen) atoms. The average Bonchev–Trinajstić information content (AvgIpc) is 3.11. The molecule has 0 radical (unpaired) electrons. The number of aromatic nitrogens is 3. The monoisotopic (exact) mass is 246 g/mol. The molecule has 2 fully saturated rings. The number of rotatable bonds is 2. The molecule has 1 aromatic rings. The van der Waals surface area contributed by atoms with Crippen molar-refractivity contribution in [3.63, 3.8) is 0 Å². The maximum atomic E-state index is 5.84. The molecule has 2 bridgehead atoms. The van der Waals surface area contributed by atoms with E-state index in [9.17, 15) is 0 Å². The minimum atomic E-state index is 0.630. The third-order valence-corrected chi connectivity index (χ3v) is 5.48. The fourth-order valence-corrected chi connectivity index (χ4v) is 4.44. The van der Waals surface area contributed by atoms with Crippen LogP contribution in [0.25, 0.3) is 0 Å². The molecule has 4 rings (SSSR count). The summed E-state index contributed by atoms with van der Waals surface area (Å²) in [5, 5.41) is 8.97. The summed E-state index contributed by atoms with van der Waals surface area (Å²) < 4.78 is 2.41. The van der Waals surface area contributed by atoms with Gasteiger partial charge in [0.25, 0.3) is 0 Å². The molecular formula is C14H22N4. The lowest BCUT2D eigenvalue weighted by Gasteiger charge is -2.27. The molecule has 4 unspecified atom stereocenters. The van der Waals surface area contributed by atoms with Gasteiger partial charge in [-0.15, -0.1) is 10.2 Å². The van der Waals surface area contributed by atoms with E-state index in [0.717, 1.165) is 31.3 Å². The fraction of sp³-hybridized carbons (Fsp3) is 0.857. The summed E-state index contributed by atoms with van der Waals surface area (Å²) in [5.41, 5.74) is 5.84. The van der Waals surface area contributed by atoms with Crippen LogP contribution in [0.5, 0.6) is 0 Å². The summed E-state index contributed by atoms with van der Waals surface area (Å²) in [6, 6.07) is 0. The number of aryl methyl sites for hydroxylation is 1. The minimum absolute atomic E-state index is 0.630. The van der Waals surface area contributed by atoms with Crippen LogP contribution in [0.15, 0.2) is 0 Å². The Kier molecular flexibility index (Phi) is 2.47. The molecule has 1 aliphatic heterocycles. The highest BCUT2D eigenvalue weighted by atomic mass is 15.3. The Hall–Kier alpha value is -0.900. The van der Waals surface area contributed by atoms with Gasteiger partial charge in [0.1, 0.15) is 11.6 Å². The smallest absolute Gasteiger partial charge is 0.136 e. The van der Waals surface area contributed by atoms with E-state index in [1.54, 1.807) is 0 Å². The molecule has 2 aliphatic carbocycles. The van der Waals surface area contributed by atoms with Crippen LogP contribution < -0.4 is 5.73 Å². The molecule has 2 N–H and O–H groups in total. The number of hydrogen-bond acceptors (Lipinski definition) is 3. The minimum Gasteiger partial charge on any atom is -0.330 e. The third kappa shape index (κ3) is 1.54. The van der Waals surface area contributed by atoms with Gasteiger partial charge in [0.05, 0.1) is 0 Å². The molecule has 1 aromatic heterocycles. The van der Waals surface area contributed by atoms with Crippen molar-refractivity contribution in [2.45, 2.75) is 51.0 Å². The number of nitrogens with zero attached hydrogens (tertiary/aromatic N) is 3. The highest BCUT2D eigenvalue weighted by Crippen LogP contribution is 2.52. The van der Waals surface area contributed by atoms with Crippen molar-refractivity contribution >= 4 is 0 Å². The highest BCUT2D eigenvalue weighted by Gasteiger charge is 2.43. The lowest BCUT2D eigenvalue weighted by molar-refractivity contribution is 0.339. The third-order valence-electron chi connectivity index (χ3n) is 5.48. The lowest BCUT2D eigenvalue weighted by atomic mass is 9.87. The van der Waals surface area contributed by atoms with Gasteiger partial charge in [-0.3, -0.25) is 0 Å². The quantitative estimate of drug-likeness (QED) is 0.864. The first-order valence-corrected chi connectivity index (χ1v) is 7.47. The molecule has 2 heterocycles. The summed E-state index contributed by atoms with van der Waals surface area (Å²) >= 11 is 0. The molecule has 0 amide bonds. The van der Waals surface area contributed by atoms with E-state index in [1.807, 2.05) is 0 Å². The predicted molar refractivity (Wildman–Crippen MR) is 69.1 cm³/mol. The molecule has 2 saturated carbocycles. The first-order valence-electron chi connectivity index (χ1n) is 7.47. The van der Waals surface area contributed by atoms with Crippen LogP contribution in [0, 0.1) is 17.8 Å². The molecule has 4 atom stereocenters. The largest absolute Gasteiger partial charge is 0.330 e. The van der Waals surface area contributed by atoms with Crippen LogP contribution in [-0.2, 0) is 13.0 Å². The van der Waals surface area contributed by atoms with Gasteiger partial charge in [0.15, 0.2) is 0 Å². The predicted octanol–water partition coefficient (Wildman–Crippen LogP) is 1.70. The molecule has 0 saturated heterocycles. The van der Waals surface area contributed by atoms with Crippen molar-refractivity contribution < 1.29 is 0 Å². The summed E-state index contributed by atoms with van der Waals surface area (Å²) in [6.45, 7) is 1.86. The molecule has 0 aromatic carbocycles. The fourth-order valence-electron chi connectivity index (χ4n) is 4.44. The molecule has 4 nitrogen and oxygen atoms in total. The van der Waals surface area contributed by atoms with Crippen LogP contribution in [0.1, 0.15) is 49.7 Å². The normalized spacial score (nSPS) is 38.1. The van der Waals surface area contributed by atoms with E-state index in [0.29, 0.717) is 11.8 Å². The Morgan fingerprint density at radius 1 is 1.17 bits per heavy atom. The van der Waals surface area contributed by atoms with E-state index < -0.39 is 0 Å². The summed E-state index contributed by atoms with van der Waals surface area (Å²) in [4.78, 5) is 0. The zero-order valence-electron chi connectivity index (χ0n) is 10.9. The van der Waals surface area contributed by atoms with E-state index in [4.69, 9.17) is 5.73 Å². The first-order chi connectivity index (χ1) is 8.85. The maximum absolute atomic E-state index is 5.84. The summed E-state index contributed by atoms with van der Waals surface area (Å²) in [7, 11) is 0. The Morgan fingerprint density at radius 2 is 2.11 bits per heavy atom. The number of hydrogen-bond donors (Lipinski definition) is 1.